The minimum absolute atomic E-state index is 0.876. The Bertz CT molecular complexity index is 358. The Morgan fingerprint density at radius 3 is 2.25 bits per heavy atom. The number of aliphatic hydroxyl groups excluding tert-OH is 3. The second kappa shape index (κ2) is 4.14. The van der Waals surface area contributed by atoms with E-state index < -0.39 is 46.3 Å². The van der Waals surface area contributed by atoms with Crippen molar-refractivity contribution in [3.05, 3.63) is 0 Å². The van der Waals surface area contributed by atoms with Crippen molar-refractivity contribution in [1.29, 1.82) is 0 Å². The third-order valence-electron chi connectivity index (χ3n) is 2.23. The summed E-state index contributed by atoms with van der Waals surface area (Å²) in [5.74, 6) is -3.32. The molecule has 1 rings (SSSR count). The molecule has 16 heavy (non-hydrogen) atoms. The van der Waals surface area contributed by atoms with Crippen LogP contribution in [0, 0.1) is 0 Å². The van der Waals surface area contributed by atoms with Gasteiger partial charge in [0.05, 0.1) is 6.61 Å². The summed E-state index contributed by atoms with van der Waals surface area (Å²) in [5, 5.41) is 36.4. The van der Waals surface area contributed by atoms with Gasteiger partial charge in [0.25, 0.3) is 5.50 Å². The summed E-state index contributed by atoms with van der Waals surface area (Å²) in [4.78, 5) is 0. The van der Waals surface area contributed by atoms with E-state index in [1.165, 1.54) is 0 Å². The molecule has 1 aliphatic heterocycles. The molecule has 8 nitrogen and oxygen atoms in total. The predicted molar refractivity (Wildman–Crippen MR) is 45.4 cm³/mol. The van der Waals surface area contributed by atoms with E-state index in [-0.39, 0.29) is 0 Å². The van der Waals surface area contributed by atoms with Gasteiger partial charge in [-0.25, -0.2) is 4.39 Å². The molecule has 1 aliphatic rings. The lowest BCUT2D eigenvalue weighted by atomic mass is 10.1. The molecular weight excluding hydrogens is 251 g/mol. The Labute approximate surface area is 89.6 Å². The minimum atomic E-state index is -5.33. The van der Waals surface area contributed by atoms with E-state index in [1.807, 2.05) is 0 Å². The van der Waals surface area contributed by atoms with Crippen LogP contribution in [0.5, 0.6) is 0 Å². The number of ether oxygens (including phenoxy) is 1. The number of alkyl halides is 1. The van der Waals surface area contributed by atoms with Gasteiger partial charge in [-0.1, -0.05) is 0 Å². The van der Waals surface area contributed by atoms with Gasteiger partial charge in [-0.05, 0) is 0 Å². The molecule has 1 fully saturated rings. The van der Waals surface area contributed by atoms with Crippen molar-refractivity contribution in [1.82, 2.24) is 0 Å². The number of hydrogen-bond acceptors (Lipinski definition) is 7. The van der Waals surface area contributed by atoms with Gasteiger partial charge in [-0.2, -0.15) is 8.42 Å². The van der Waals surface area contributed by atoms with Crippen LogP contribution in [0.2, 0.25) is 0 Å². The second-order valence-corrected chi connectivity index (χ2v) is 4.80. The van der Waals surface area contributed by atoms with E-state index in [0.29, 0.717) is 0 Å². The lowest BCUT2D eigenvalue weighted by molar-refractivity contribution is -0.248. The van der Waals surface area contributed by atoms with Crippen LogP contribution in [0.4, 0.5) is 4.39 Å². The first kappa shape index (κ1) is 13.7. The van der Waals surface area contributed by atoms with Gasteiger partial charge in [0.15, 0.2) is 0 Å². The summed E-state index contributed by atoms with van der Waals surface area (Å²) >= 11 is 0. The standard InChI is InChI=1S/C6H11FO8S/c7-5(16(12,13)14)6(11)4(10)3(9)2(1-8)15-6/h2-5,8-11H,1H2,(H,12,13,14)/t2-,3-,4-,5?,6?/m1/s1. The van der Waals surface area contributed by atoms with Crippen LogP contribution >= 0.6 is 0 Å². The third-order valence-corrected chi connectivity index (χ3v) is 3.10. The van der Waals surface area contributed by atoms with Gasteiger partial charge in [0.1, 0.15) is 18.3 Å². The molecule has 0 spiro atoms. The van der Waals surface area contributed by atoms with E-state index in [0.717, 1.165) is 0 Å². The van der Waals surface area contributed by atoms with Crippen molar-refractivity contribution in [2.45, 2.75) is 29.6 Å². The first-order chi connectivity index (χ1) is 7.14. The first-order valence-electron chi connectivity index (χ1n) is 4.12. The monoisotopic (exact) mass is 262 g/mol. The summed E-state index contributed by atoms with van der Waals surface area (Å²) in [6.45, 7) is -0.876. The molecule has 0 saturated carbocycles. The van der Waals surface area contributed by atoms with Crippen LogP contribution in [0.15, 0.2) is 0 Å². The van der Waals surface area contributed by atoms with E-state index in [1.54, 1.807) is 0 Å². The van der Waals surface area contributed by atoms with E-state index in [4.69, 9.17) is 14.8 Å². The van der Waals surface area contributed by atoms with Crippen molar-refractivity contribution in [3.8, 4) is 0 Å². The normalized spacial score (nSPS) is 42.2. The Kier molecular flexibility index (Phi) is 3.55. The highest BCUT2D eigenvalue weighted by atomic mass is 32.2. The van der Waals surface area contributed by atoms with Gasteiger partial charge in [-0.15, -0.1) is 0 Å². The van der Waals surface area contributed by atoms with Crippen molar-refractivity contribution >= 4 is 10.1 Å². The van der Waals surface area contributed by atoms with Gasteiger partial charge in [0.2, 0.25) is 5.79 Å². The zero-order valence-electron chi connectivity index (χ0n) is 7.76. The highest BCUT2D eigenvalue weighted by Gasteiger charge is 2.61. The van der Waals surface area contributed by atoms with Crippen molar-refractivity contribution in [2.24, 2.45) is 0 Å². The van der Waals surface area contributed by atoms with Crippen molar-refractivity contribution < 1.29 is 42.5 Å². The molecule has 0 radical (unpaired) electrons. The summed E-state index contributed by atoms with van der Waals surface area (Å²) < 4.78 is 46.8. The molecule has 2 unspecified atom stereocenters. The smallest absolute Gasteiger partial charge is 0.303 e. The largest absolute Gasteiger partial charge is 0.394 e. The number of aliphatic hydroxyl groups is 4. The zero-order chi connectivity index (χ0) is 12.7. The molecule has 0 amide bonds. The number of rotatable bonds is 3. The summed E-state index contributed by atoms with van der Waals surface area (Å²) in [6.07, 6.45) is -5.75. The molecule has 0 aromatic heterocycles. The average Bonchev–Trinajstić information content (AvgIpc) is 2.41. The lowest BCUT2D eigenvalue weighted by Crippen LogP contribution is -2.53. The van der Waals surface area contributed by atoms with Crippen molar-refractivity contribution in [3.63, 3.8) is 0 Å². The molecule has 10 heteroatoms. The maximum Gasteiger partial charge on any atom is 0.303 e. The fraction of sp³-hybridized carbons (Fsp3) is 1.00. The highest BCUT2D eigenvalue weighted by Crippen LogP contribution is 2.35. The predicted octanol–water partition coefficient (Wildman–Crippen LogP) is -3.03. The van der Waals surface area contributed by atoms with Gasteiger partial charge < -0.3 is 25.2 Å². The zero-order valence-corrected chi connectivity index (χ0v) is 8.58. The quantitative estimate of drug-likeness (QED) is 0.338. The first-order valence-corrected chi connectivity index (χ1v) is 5.62. The molecule has 1 saturated heterocycles. The summed E-state index contributed by atoms with van der Waals surface area (Å²) in [6, 6.07) is 0. The van der Waals surface area contributed by atoms with Gasteiger partial charge in [-0.3, -0.25) is 4.55 Å². The van der Waals surface area contributed by atoms with Gasteiger partial charge in [0, 0.05) is 0 Å². The molecule has 0 bridgehead atoms. The molecule has 0 aromatic carbocycles. The lowest BCUT2D eigenvalue weighted by Gasteiger charge is -2.27. The van der Waals surface area contributed by atoms with Gasteiger partial charge >= 0.3 is 10.1 Å². The Balaban J connectivity index is 3.03. The second-order valence-electron chi connectivity index (χ2n) is 3.36. The number of halogens is 1. The highest BCUT2D eigenvalue weighted by molar-refractivity contribution is 7.86. The van der Waals surface area contributed by atoms with E-state index in [2.05, 4.69) is 4.74 Å². The van der Waals surface area contributed by atoms with Crippen LogP contribution in [0.1, 0.15) is 0 Å². The van der Waals surface area contributed by atoms with Crippen LogP contribution < -0.4 is 0 Å². The molecule has 1 heterocycles. The molecule has 0 aliphatic carbocycles. The maximum absolute atomic E-state index is 13.2. The SMILES string of the molecule is O=S(=O)(O)C(F)C1(O)O[C@H](CO)[C@@H](O)[C@H]1O. The van der Waals surface area contributed by atoms with Crippen LogP contribution in [0.3, 0.4) is 0 Å². The summed E-state index contributed by atoms with van der Waals surface area (Å²) in [7, 11) is -5.33. The summed E-state index contributed by atoms with van der Waals surface area (Å²) in [5.41, 5.74) is -3.36. The molecular formula is C6H11FO8S. The fourth-order valence-electron chi connectivity index (χ4n) is 1.38. The third kappa shape index (κ3) is 2.05. The molecule has 5 N–H and O–H groups in total. The fourth-order valence-corrected chi connectivity index (χ4v) is 2.00. The van der Waals surface area contributed by atoms with E-state index in [9.17, 15) is 23.0 Å². The number of hydrogen-bond donors (Lipinski definition) is 5. The van der Waals surface area contributed by atoms with Crippen LogP contribution in [0.25, 0.3) is 0 Å². The molecule has 96 valence electrons. The Hall–Kier alpha value is -0.360. The Morgan fingerprint density at radius 1 is 1.44 bits per heavy atom. The average molecular weight is 262 g/mol. The van der Waals surface area contributed by atoms with Crippen LogP contribution in [-0.2, 0) is 14.9 Å². The van der Waals surface area contributed by atoms with E-state index >= 15 is 0 Å². The van der Waals surface area contributed by atoms with Crippen molar-refractivity contribution in [2.75, 3.05) is 6.61 Å². The topological polar surface area (TPSA) is 145 Å². The van der Waals surface area contributed by atoms with Crippen LogP contribution in [-0.4, -0.2) is 69.6 Å². The molecule has 0 aromatic rings. The minimum Gasteiger partial charge on any atom is -0.394 e. The maximum atomic E-state index is 13.2. The Morgan fingerprint density at radius 2 is 1.94 bits per heavy atom. The molecule has 5 atom stereocenters.